The summed E-state index contributed by atoms with van der Waals surface area (Å²) >= 11 is 0. The van der Waals surface area contributed by atoms with Gasteiger partial charge in [-0.1, -0.05) is 85.7 Å². The van der Waals surface area contributed by atoms with Crippen LogP contribution in [0.1, 0.15) is 43.2 Å². The van der Waals surface area contributed by atoms with Crippen LogP contribution in [0.15, 0.2) is 78.9 Å². The van der Waals surface area contributed by atoms with Crippen molar-refractivity contribution in [2.75, 3.05) is 0 Å². The standard InChI is InChI=1S/C24H27NO/c26-24(19-18-21-12-6-4-7-13-21)25(20-22-14-8-5-9-15-22)23-16-10-2-1-3-11-17-23/h4-10,12-16,18-19,23H,1-3,11,17,20H2/b16-10-,19-18+. The zero-order valence-corrected chi connectivity index (χ0v) is 15.3. The molecule has 2 aromatic rings. The van der Waals surface area contributed by atoms with Gasteiger partial charge < -0.3 is 4.90 Å². The highest BCUT2D eigenvalue weighted by Gasteiger charge is 2.20. The molecule has 0 aliphatic heterocycles. The molecule has 1 atom stereocenters. The number of hydrogen-bond acceptors (Lipinski definition) is 1. The lowest BCUT2D eigenvalue weighted by molar-refractivity contribution is -0.128. The third-order valence-electron chi connectivity index (χ3n) is 4.83. The molecule has 1 aliphatic carbocycles. The second-order valence-corrected chi connectivity index (χ2v) is 6.83. The van der Waals surface area contributed by atoms with Gasteiger partial charge in [-0.25, -0.2) is 0 Å². The fraction of sp³-hybridized carbons (Fsp3) is 0.292. The molecule has 1 amide bonds. The van der Waals surface area contributed by atoms with Crippen LogP contribution in [0.3, 0.4) is 0 Å². The second-order valence-electron chi connectivity index (χ2n) is 6.83. The zero-order chi connectivity index (χ0) is 18.0. The Labute approximate surface area is 156 Å². The molecule has 0 N–H and O–H groups in total. The lowest BCUT2D eigenvalue weighted by atomic mass is 10.0. The van der Waals surface area contributed by atoms with Crippen LogP contribution in [0.25, 0.3) is 6.08 Å². The molecule has 1 aliphatic rings. The minimum absolute atomic E-state index is 0.0768. The van der Waals surface area contributed by atoms with Gasteiger partial charge in [0.1, 0.15) is 0 Å². The molecule has 2 nitrogen and oxygen atoms in total. The van der Waals surface area contributed by atoms with Crippen LogP contribution in [0, 0.1) is 0 Å². The SMILES string of the molecule is O=C(/C=C/c1ccccc1)N(Cc1ccccc1)C1/C=C\CCCCC1. The van der Waals surface area contributed by atoms with Crippen LogP contribution >= 0.6 is 0 Å². The molecule has 1 unspecified atom stereocenters. The number of rotatable bonds is 5. The lowest BCUT2D eigenvalue weighted by Gasteiger charge is -2.30. The average Bonchev–Trinajstić information content (AvgIpc) is 2.66. The molecule has 0 heterocycles. The molecule has 0 fully saturated rings. The average molecular weight is 345 g/mol. The summed E-state index contributed by atoms with van der Waals surface area (Å²) in [6.45, 7) is 0.647. The lowest BCUT2D eigenvalue weighted by Crippen LogP contribution is -2.38. The van der Waals surface area contributed by atoms with Crippen LogP contribution in [-0.4, -0.2) is 16.8 Å². The van der Waals surface area contributed by atoms with Crippen molar-refractivity contribution in [1.29, 1.82) is 0 Å². The number of allylic oxidation sites excluding steroid dienone is 1. The van der Waals surface area contributed by atoms with Crippen molar-refractivity contribution >= 4 is 12.0 Å². The molecule has 0 spiro atoms. The largest absolute Gasteiger partial charge is 0.328 e. The minimum atomic E-state index is 0.0768. The summed E-state index contributed by atoms with van der Waals surface area (Å²) < 4.78 is 0. The maximum absolute atomic E-state index is 13.0. The van der Waals surface area contributed by atoms with Crippen molar-refractivity contribution in [2.45, 2.75) is 44.7 Å². The first-order valence-corrected chi connectivity index (χ1v) is 9.57. The van der Waals surface area contributed by atoms with Gasteiger partial charge in [-0.2, -0.15) is 0 Å². The van der Waals surface area contributed by atoms with Crippen LogP contribution in [-0.2, 0) is 11.3 Å². The Balaban J connectivity index is 1.80. The summed E-state index contributed by atoms with van der Waals surface area (Å²) in [5.74, 6) is 0.0768. The van der Waals surface area contributed by atoms with Crippen LogP contribution < -0.4 is 0 Å². The Hall–Kier alpha value is -2.61. The number of carbonyl (C=O) groups excluding carboxylic acids is 1. The van der Waals surface area contributed by atoms with Crippen molar-refractivity contribution < 1.29 is 4.79 Å². The molecular formula is C24H27NO. The maximum Gasteiger partial charge on any atom is 0.247 e. The molecule has 0 saturated heterocycles. The predicted octanol–water partition coefficient (Wildman–Crippen LogP) is 5.62. The number of carbonyl (C=O) groups is 1. The molecule has 0 aromatic heterocycles. The molecule has 2 heteroatoms. The number of benzene rings is 2. The van der Waals surface area contributed by atoms with Crippen molar-refractivity contribution in [3.8, 4) is 0 Å². The van der Waals surface area contributed by atoms with E-state index < -0.39 is 0 Å². The van der Waals surface area contributed by atoms with E-state index in [-0.39, 0.29) is 11.9 Å². The van der Waals surface area contributed by atoms with E-state index in [0.717, 1.165) is 18.4 Å². The first-order valence-electron chi connectivity index (χ1n) is 9.57. The molecular weight excluding hydrogens is 318 g/mol. The van der Waals surface area contributed by atoms with Gasteiger partial charge in [0.05, 0.1) is 6.04 Å². The smallest absolute Gasteiger partial charge is 0.247 e. The molecule has 0 saturated carbocycles. The van der Waals surface area contributed by atoms with E-state index in [0.29, 0.717) is 6.54 Å². The zero-order valence-electron chi connectivity index (χ0n) is 15.3. The van der Waals surface area contributed by atoms with Gasteiger partial charge in [-0.05, 0) is 36.5 Å². The molecule has 0 bridgehead atoms. The Morgan fingerprint density at radius 1 is 0.962 bits per heavy atom. The number of hydrogen-bond donors (Lipinski definition) is 0. The Bertz CT molecular complexity index is 733. The summed E-state index contributed by atoms with van der Waals surface area (Å²) in [4.78, 5) is 15.0. The highest BCUT2D eigenvalue weighted by molar-refractivity contribution is 5.92. The number of nitrogens with zero attached hydrogens (tertiary/aromatic N) is 1. The molecule has 0 radical (unpaired) electrons. The van der Waals surface area contributed by atoms with E-state index >= 15 is 0 Å². The highest BCUT2D eigenvalue weighted by atomic mass is 16.2. The van der Waals surface area contributed by atoms with Gasteiger partial charge in [-0.15, -0.1) is 0 Å². The molecule has 3 rings (SSSR count). The van der Waals surface area contributed by atoms with E-state index in [1.54, 1.807) is 6.08 Å². The third kappa shape index (κ3) is 5.45. The van der Waals surface area contributed by atoms with Gasteiger partial charge >= 0.3 is 0 Å². The number of amides is 1. The minimum Gasteiger partial charge on any atom is -0.328 e. The second kappa shape index (κ2) is 9.76. The van der Waals surface area contributed by atoms with Crippen molar-refractivity contribution in [2.24, 2.45) is 0 Å². The van der Waals surface area contributed by atoms with Crippen LogP contribution in [0.5, 0.6) is 0 Å². The predicted molar refractivity (Wildman–Crippen MR) is 108 cm³/mol. The molecule has 26 heavy (non-hydrogen) atoms. The normalized spacial score (nSPS) is 18.8. The topological polar surface area (TPSA) is 20.3 Å². The van der Waals surface area contributed by atoms with Gasteiger partial charge in [0.25, 0.3) is 0 Å². The molecule has 134 valence electrons. The van der Waals surface area contributed by atoms with Gasteiger partial charge in [-0.3, -0.25) is 4.79 Å². The Kier molecular flexibility index (Phi) is 6.83. The first kappa shape index (κ1) is 18.2. The van der Waals surface area contributed by atoms with Gasteiger partial charge in [0, 0.05) is 12.6 Å². The summed E-state index contributed by atoms with van der Waals surface area (Å²) in [5.41, 5.74) is 2.22. The van der Waals surface area contributed by atoms with E-state index in [9.17, 15) is 4.79 Å². The highest BCUT2D eigenvalue weighted by Crippen LogP contribution is 2.19. The fourth-order valence-electron chi connectivity index (χ4n) is 3.37. The Morgan fingerprint density at radius 3 is 2.46 bits per heavy atom. The summed E-state index contributed by atoms with van der Waals surface area (Å²) in [7, 11) is 0. The maximum atomic E-state index is 13.0. The van der Waals surface area contributed by atoms with E-state index in [1.165, 1.54) is 24.8 Å². The van der Waals surface area contributed by atoms with Crippen molar-refractivity contribution in [1.82, 2.24) is 4.90 Å². The summed E-state index contributed by atoms with van der Waals surface area (Å²) in [6, 6.07) is 20.4. The van der Waals surface area contributed by atoms with Crippen LogP contribution in [0.2, 0.25) is 0 Å². The van der Waals surface area contributed by atoms with E-state index in [1.807, 2.05) is 59.5 Å². The summed E-state index contributed by atoms with van der Waals surface area (Å²) in [6.07, 6.45) is 13.9. The molecule has 2 aromatic carbocycles. The van der Waals surface area contributed by atoms with Crippen molar-refractivity contribution in [3.05, 3.63) is 90.0 Å². The quantitative estimate of drug-likeness (QED) is 0.509. The third-order valence-corrected chi connectivity index (χ3v) is 4.83. The van der Waals surface area contributed by atoms with Gasteiger partial charge in [0.2, 0.25) is 5.91 Å². The fourth-order valence-corrected chi connectivity index (χ4v) is 3.37. The van der Waals surface area contributed by atoms with Gasteiger partial charge in [0.15, 0.2) is 0 Å². The Morgan fingerprint density at radius 2 is 1.69 bits per heavy atom. The van der Waals surface area contributed by atoms with E-state index in [4.69, 9.17) is 0 Å². The van der Waals surface area contributed by atoms with Crippen molar-refractivity contribution in [3.63, 3.8) is 0 Å². The monoisotopic (exact) mass is 345 g/mol. The summed E-state index contributed by atoms with van der Waals surface area (Å²) in [5, 5.41) is 0. The first-order chi connectivity index (χ1) is 12.8. The van der Waals surface area contributed by atoms with E-state index in [2.05, 4.69) is 24.3 Å². The van der Waals surface area contributed by atoms with Crippen LogP contribution in [0.4, 0.5) is 0 Å².